The summed E-state index contributed by atoms with van der Waals surface area (Å²) < 4.78 is 0.493. The second-order valence-electron chi connectivity index (χ2n) is 4.99. The number of benzene rings is 2. The molecule has 0 saturated heterocycles. The molecule has 5 heteroatoms. The molecule has 1 unspecified atom stereocenters. The van der Waals surface area contributed by atoms with Gasteiger partial charge in [0.2, 0.25) is 0 Å². The maximum absolute atomic E-state index is 10.8. The van der Waals surface area contributed by atoms with Gasteiger partial charge in [-0.3, -0.25) is 10.1 Å². The van der Waals surface area contributed by atoms with Crippen LogP contribution in [0.1, 0.15) is 18.9 Å². The zero-order chi connectivity index (χ0) is 15.2. The summed E-state index contributed by atoms with van der Waals surface area (Å²) in [6.45, 7) is 2.11. The third kappa shape index (κ3) is 4.56. The fourth-order valence-corrected chi connectivity index (χ4v) is 2.65. The third-order valence-corrected chi connectivity index (χ3v) is 3.90. The molecule has 110 valence electrons. The molecule has 2 aromatic rings. The van der Waals surface area contributed by atoms with E-state index in [0.717, 1.165) is 18.5 Å². The topological polar surface area (TPSA) is 55.2 Å². The van der Waals surface area contributed by atoms with Gasteiger partial charge in [0.25, 0.3) is 5.69 Å². The molecule has 4 nitrogen and oxygen atoms in total. The number of anilines is 1. The van der Waals surface area contributed by atoms with Crippen LogP contribution in [-0.2, 0) is 6.42 Å². The highest BCUT2D eigenvalue weighted by atomic mass is 79.9. The zero-order valence-electron chi connectivity index (χ0n) is 11.8. The molecule has 0 saturated carbocycles. The van der Waals surface area contributed by atoms with Crippen LogP contribution in [0.4, 0.5) is 11.4 Å². The molecule has 0 bridgehead atoms. The van der Waals surface area contributed by atoms with Crippen LogP contribution in [0, 0.1) is 10.1 Å². The first-order valence-electron chi connectivity index (χ1n) is 6.80. The fraction of sp³-hybridized carbons (Fsp3) is 0.250. The average Bonchev–Trinajstić information content (AvgIpc) is 2.46. The second kappa shape index (κ2) is 7.22. The molecule has 2 aromatic carbocycles. The van der Waals surface area contributed by atoms with E-state index in [2.05, 4.69) is 40.3 Å². The minimum Gasteiger partial charge on any atom is -0.383 e. The Bertz CT molecular complexity index is 617. The van der Waals surface area contributed by atoms with Crippen molar-refractivity contribution in [1.82, 2.24) is 0 Å². The predicted octanol–water partition coefficient (Wildman–Crippen LogP) is 4.79. The van der Waals surface area contributed by atoms with Crippen LogP contribution in [0.3, 0.4) is 0 Å². The lowest BCUT2D eigenvalue weighted by Gasteiger charge is -2.15. The van der Waals surface area contributed by atoms with Gasteiger partial charge in [-0.05, 0) is 53.4 Å². The summed E-state index contributed by atoms with van der Waals surface area (Å²) in [5, 5.41) is 14.1. The normalized spacial score (nSPS) is 11.9. The zero-order valence-corrected chi connectivity index (χ0v) is 13.3. The van der Waals surface area contributed by atoms with Crippen LogP contribution in [-0.4, -0.2) is 11.0 Å². The maximum atomic E-state index is 10.8. The first-order chi connectivity index (χ1) is 10.1. The van der Waals surface area contributed by atoms with E-state index in [0.29, 0.717) is 10.5 Å². The highest BCUT2D eigenvalue weighted by molar-refractivity contribution is 9.10. The van der Waals surface area contributed by atoms with E-state index in [9.17, 15) is 10.1 Å². The van der Waals surface area contributed by atoms with Crippen LogP contribution in [0.5, 0.6) is 0 Å². The van der Waals surface area contributed by atoms with Crippen molar-refractivity contribution in [1.29, 1.82) is 0 Å². The number of hydrogen-bond donors (Lipinski definition) is 1. The van der Waals surface area contributed by atoms with Crippen LogP contribution in [0.2, 0.25) is 0 Å². The first-order valence-corrected chi connectivity index (χ1v) is 7.60. The SMILES string of the molecule is CC(CCc1ccccc1)Nc1ccc([N+](=O)[O-])c(Br)c1. The van der Waals surface area contributed by atoms with Crippen LogP contribution in [0.25, 0.3) is 0 Å². The van der Waals surface area contributed by atoms with Gasteiger partial charge in [0, 0.05) is 17.8 Å². The first kappa shape index (κ1) is 15.5. The number of nitrogens with zero attached hydrogens (tertiary/aromatic N) is 1. The number of halogens is 1. The van der Waals surface area contributed by atoms with Gasteiger partial charge in [-0.15, -0.1) is 0 Å². The average molecular weight is 349 g/mol. The lowest BCUT2D eigenvalue weighted by atomic mass is 10.1. The van der Waals surface area contributed by atoms with Gasteiger partial charge in [-0.2, -0.15) is 0 Å². The largest absolute Gasteiger partial charge is 0.383 e. The molecule has 0 amide bonds. The van der Waals surface area contributed by atoms with Gasteiger partial charge in [0.05, 0.1) is 9.40 Å². The Kier molecular flexibility index (Phi) is 5.33. The summed E-state index contributed by atoms with van der Waals surface area (Å²) in [6, 6.07) is 15.6. The number of nitro benzene ring substituents is 1. The Morgan fingerprint density at radius 2 is 1.95 bits per heavy atom. The monoisotopic (exact) mass is 348 g/mol. The van der Waals surface area contributed by atoms with Crippen molar-refractivity contribution in [2.24, 2.45) is 0 Å². The van der Waals surface area contributed by atoms with Gasteiger partial charge in [-0.1, -0.05) is 30.3 Å². The molecule has 21 heavy (non-hydrogen) atoms. The van der Waals surface area contributed by atoms with E-state index >= 15 is 0 Å². The Balaban J connectivity index is 1.92. The lowest BCUT2D eigenvalue weighted by molar-refractivity contribution is -0.385. The maximum Gasteiger partial charge on any atom is 0.283 e. The summed E-state index contributed by atoms with van der Waals surface area (Å²) in [4.78, 5) is 10.4. The Morgan fingerprint density at radius 3 is 2.57 bits per heavy atom. The highest BCUT2D eigenvalue weighted by Gasteiger charge is 2.12. The highest BCUT2D eigenvalue weighted by Crippen LogP contribution is 2.28. The number of aryl methyl sites for hydroxylation is 1. The minimum absolute atomic E-state index is 0.0810. The molecule has 0 radical (unpaired) electrons. The van der Waals surface area contributed by atoms with Crippen molar-refractivity contribution in [2.45, 2.75) is 25.8 Å². The van der Waals surface area contributed by atoms with E-state index in [1.165, 1.54) is 11.6 Å². The molecule has 0 aliphatic rings. The third-order valence-electron chi connectivity index (χ3n) is 3.27. The quantitative estimate of drug-likeness (QED) is 0.603. The summed E-state index contributed by atoms with van der Waals surface area (Å²) >= 11 is 3.23. The summed E-state index contributed by atoms with van der Waals surface area (Å²) in [6.07, 6.45) is 2.00. The Morgan fingerprint density at radius 1 is 1.24 bits per heavy atom. The molecule has 1 atom stereocenters. The minimum atomic E-state index is -0.396. The van der Waals surface area contributed by atoms with Crippen LogP contribution >= 0.6 is 15.9 Å². The molecule has 2 rings (SSSR count). The number of rotatable bonds is 6. The Hall–Kier alpha value is -1.88. The standard InChI is InChI=1S/C16H17BrN2O2/c1-12(7-8-13-5-3-2-4-6-13)18-14-9-10-16(19(20)21)15(17)11-14/h2-6,9-12,18H,7-8H2,1H3. The molecule has 0 aliphatic carbocycles. The van der Waals surface area contributed by atoms with Gasteiger partial charge >= 0.3 is 0 Å². The Labute approximate surface area is 132 Å². The predicted molar refractivity (Wildman–Crippen MR) is 88.6 cm³/mol. The van der Waals surface area contributed by atoms with Crippen LogP contribution < -0.4 is 5.32 Å². The van der Waals surface area contributed by atoms with E-state index in [1.807, 2.05) is 18.2 Å². The molecular weight excluding hydrogens is 332 g/mol. The fourth-order valence-electron chi connectivity index (χ4n) is 2.13. The molecule has 0 fully saturated rings. The molecule has 1 N–H and O–H groups in total. The molecule has 0 heterocycles. The number of nitro groups is 1. The lowest BCUT2D eigenvalue weighted by Crippen LogP contribution is -2.16. The van der Waals surface area contributed by atoms with Gasteiger partial charge in [-0.25, -0.2) is 0 Å². The molecule has 0 spiro atoms. The van der Waals surface area contributed by atoms with Crippen LogP contribution in [0.15, 0.2) is 53.0 Å². The van der Waals surface area contributed by atoms with E-state index < -0.39 is 4.92 Å². The van der Waals surface area contributed by atoms with Crippen molar-refractivity contribution < 1.29 is 4.92 Å². The second-order valence-corrected chi connectivity index (χ2v) is 5.85. The van der Waals surface area contributed by atoms with Crippen molar-refractivity contribution in [3.63, 3.8) is 0 Å². The number of hydrogen-bond acceptors (Lipinski definition) is 3. The van der Waals surface area contributed by atoms with E-state index in [1.54, 1.807) is 12.1 Å². The van der Waals surface area contributed by atoms with Crippen molar-refractivity contribution in [3.05, 3.63) is 68.7 Å². The molecule has 0 aromatic heterocycles. The van der Waals surface area contributed by atoms with Crippen molar-refractivity contribution >= 4 is 27.3 Å². The number of nitrogens with one attached hydrogen (secondary N) is 1. The van der Waals surface area contributed by atoms with E-state index in [-0.39, 0.29) is 5.69 Å². The van der Waals surface area contributed by atoms with Crippen molar-refractivity contribution in [2.75, 3.05) is 5.32 Å². The van der Waals surface area contributed by atoms with Gasteiger partial charge < -0.3 is 5.32 Å². The van der Waals surface area contributed by atoms with E-state index in [4.69, 9.17) is 0 Å². The summed E-state index contributed by atoms with van der Waals surface area (Å²) in [7, 11) is 0. The molecular formula is C16H17BrN2O2. The van der Waals surface area contributed by atoms with Crippen molar-refractivity contribution in [3.8, 4) is 0 Å². The van der Waals surface area contributed by atoms with Gasteiger partial charge in [0.1, 0.15) is 0 Å². The summed E-state index contributed by atoms with van der Waals surface area (Å²) in [5.41, 5.74) is 2.28. The molecule has 0 aliphatic heterocycles. The van der Waals surface area contributed by atoms with Gasteiger partial charge in [0.15, 0.2) is 0 Å². The smallest absolute Gasteiger partial charge is 0.283 e. The summed E-state index contributed by atoms with van der Waals surface area (Å²) in [5.74, 6) is 0.